The Morgan fingerprint density at radius 2 is 1.81 bits per heavy atom. The van der Waals surface area contributed by atoms with Gasteiger partial charge >= 0.3 is 0 Å². The lowest BCUT2D eigenvalue weighted by Crippen LogP contribution is -2.17. The molecule has 0 saturated heterocycles. The summed E-state index contributed by atoms with van der Waals surface area (Å²) in [5, 5.41) is 7.01. The molecule has 2 nitrogen and oxygen atoms in total. The van der Waals surface area contributed by atoms with E-state index in [1.54, 1.807) is 11.8 Å². The highest BCUT2D eigenvalue weighted by atomic mass is 32.2. The van der Waals surface area contributed by atoms with Crippen molar-refractivity contribution in [1.82, 2.24) is 5.01 Å². The summed E-state index contributed by atoms with van der Waals surface area (Å²) in [6.45, 7) is 4.14. The molecular formula is C18H20N2S. The molecular weight excluding hydrogens is 276 g/mol. The van der Waals surface area contributed by atoms with E-state index >= 15 is 0 Å². The van der Waals surface area contributed by atoms with Crippen molar-refractivity contribution in [3.8, 4) is 0 Å². The minimum atomic E-state index is 0.480. The zero-order chi connectivity index (χ0) is 14.7. The number of hydrogen-bond donors (Lipinski definition) is 0. The van der Waals surface area contributed by atoms with Crippen LogP contribution in [0.25, 0.3) is 0 Å². The molecule has 1 unspecified atom stereocenters. The molecule has 0 spiro atoms. The molecule has 0 aliphatic carbocycles. The van der Waals surface area contributed by atoms with E-state index in [4.69, 9.17) is 5.10 Å². The summed E-state index contributed by atoms with van der Waals surface area (Å²) >= 11 is 1.77. The summed E-state index contributed by atoms with van der Waals surface area (Å²) in [6, 6.07) is 19.3. The molecule has 0 fully saturated rings. The minimum absolute atomic E-state index is 0.480. The van der Waals surface area contributed by atoms with Gasteiger partial charge < -0.3 is 0 Å². The maximum absolute atomic E-state index is 4.83. The van der Waals surface area contributed by atoms with E-state index in [0.29, 0.717) is 5.92 Å². The van der Waals surface area contributed by atoms with E-state index in [1.807, 2.05) is 0 Å². The Morgan fingerprint density at radius 3 is 2.48 bits per heavy atom. The highest BCUT2D eigenvalue weighted by Gasteiger charge is 2.23. The second-order valence-corrected chi connectivity index (χ2v) is 6.33. The van der Waals surface area contributed by atoms with Crippen molar-refractivity contribution in [3.05, 3.63) is 65.7 Å². The molecule has 0 N–H and O–H groups in total. The zero-order valence-electron chi connectivity index (χ0n) is 12.5. The molecule has 21 heavy (non-hydrogen) atoms. The number of thioether (sulfide) groups is 1. The standard InChI is InChI=1S/C18H20N2S/c1-14-12-20(13-15-6-4-3-5-7-15)19-18(14)16-8-10-17(21-2)11-9-16/h3-11,14H,12-13H2,1-2H3. The summed E-state index contributed by atoms with van der Waals surface area (Å²) in [5.41, 5.74) is 3.77. The smallest absolute Gasteiger partial charge is 0.0724 e. The van der Waals surface area contributed by atoms with Gasteiger partial charge in [-0.2, -0.15) is 5.10 Å². The van der Waals surface area contributed by atoms with Gasteiger partial charge in [-0.1, -0.05) is 49.4 Å². The summed E-state index contributed by atoms with van der Waals surface area (Å²) in [7, 11) is 0. The van der Waals surface area contributed by atoms with Crippen LogP contribution < -0.4 is 0 Å². The van der Waals surface area contributed by atoms with Gasteiger partial charge in [0.2, 0.25) is 0 Å². The predicted octanol–water partition coefficient (Wildman–Crippen LogP) is 4.26. The van der Waals surface area contributed by atoms with Crippen molar-refractivity contribution in [2.24, 2.45) is 11.0 Å². The van der Waals surface area contributed by atoms with Crippen LogP contribution in [0.1, 0.15) is 18.1 Å². The number of hydrogen-bond acceptors (Lipinski definition) is 3. The molecule has 1 aliphatic heterocycles. The molecule has 0 aromatic heterocycles. The van der Waals surface area contributed by atoms with Gasteiger partial charge in [-0.05, 0) is 29.5 Å². The van der Waals surface area contributed by atoms with E-state index in [1.165, 1.54) is 21.7 Å². The quantitative estimate of drug-likeness (QED) is 0.783. The summed E-state index contributed by atoms with van der Waals surface area (Å²) in [6.07, 6.45) is 2.10. The number of hydrazone groups is 1. The van der Waals surface area contributed by atoms with Crippen molar-refractivity contribution in [2.45, 2.75) is 18.4 Å². The van der Waals surface area contributed by atoms with Crippen molar-refractivity contribution < 1.29 is 0 Å². The third-order valence-corrected chi connectivity index (χ3v) is 4.54. The van der Waals surface area contributed by atoms with Crippen LogP contribution in [0, 0.1) is 5.92 Å². The van der Waals surface area contributed by atoms with Crippen molar-refractivity contribution in [1.29, 1.82) is 0 Å². The molecule has 2 aromatic carbocycles. The molecule has 0 bridgehead atoms. The highest BCUT2D eigenvalue weighted by Crippen LogP contribution is 2.23. The predicted molar refractivity (Wildman–Crippen MR) is 90.8 cm³/mol. The molecule has 0 radical (unpaired) electrons. The van der Waals surface area contributed by atoms with Gasteiger partial charge in [0.05, 0.1) is 12.3 Å². The minimum Gasteiger partial charge on any atom is -0.292 e. The maximum Gasteiger partial charge on any atom is 0.0724 e. The summed E-state index contributed by atoms with van der Waals surface area (Å²) in [4.78, 5) is 1.30. The second-order valence-electron chi connectivity index (χ2n) is 5.45. The molecule has 2 aromatic rings. The molecule has 1 heterocycles. The Hall–Kier alpha value is -1.74. The Labute approximate surface area is 130 Å². The molecule has 3 heteroatoms. The zero-order valence-corrected chi connectivity index (χ0v) is 13.3. The first-order valence-electron chi connectivity index (χ1n) is 7.28. The number of benzene rings is 2. The third-order valence-electron chi connectivity index (χ3n) is 3.79. The lowest BCUT2D eigenvalue weighted by Gasteiger charge is -2.14. The number of nitrogens with zero attached hydrogens (tertiary/aromatic N) is 2. The molecule has 108 valence electrons. The van der Waals surface area contributed by atoms with Gasteiger partial charge in [0.25, 0.3) is 0 Å². The average molecular weight is 296 g/mol. The van der Waals surface area contributed by atoms with Gasteiger partial charge in [0.15, 0.2) is 0 Å². The van der Waals surface area contributed by atoms with Crippen LogP contribution in [0.5, 0.6) is 0 Å². The second kappa shape index (κ2) is 6.35. The summed E-state index contributed by atoms with van der Waals surface area (Å²) in [5.74, 6) is 0.480. The Kier molecular flexibility index (Phi) is 4.30. The average Bonchev–Trinajstić information content (AvgIpc) is 2.89. The van der Waals surface area contributed by atoms with E-state index < -0.39 is 0 Å². The van der Waals surface area contributed by atoms with Crippen LogP contribution >= 0.6 is 11.8 Å². The normalized spacial score (nSPS) is 17.9. The van der Waals surface area contributed by atoms with Gasteiger partial charge in [-0.15, -0.1) is 11.8 Å². The molecule has 1 aliphatic rings. The Morgan fingerprint density at radius 1 is 1.10 bits per heavy atom. The fourth-order valence-electron chi connectivity index (χ4n) is 2.69. The van der Waals surface area contributed by atoms with Crippen LogP contribution in [-0.4, -0.2) is 23.5 Å². The van der Waals surface area contributed by atoms with Gasteiger partial charge in [-0.3, -0.25) is 5.01 Å². The molecule has 0 amide bonds. The SMILES string of the molecule is CSc1ccc(C2=NN(Cc3ccccc3)CC2C)cc1. The Bertz CT molecular complexity index is 619. The van der Waals surface area contributed by atoms with Crippen molar-refractivity contribution in [2.75, 3.05) is 12.8 Å². The van der Waals surface area contributed by atoms with Crippen LogP contribution in [-0.2, 0) is 6.54 Å². The van der Waals surface area contributed by atoms with Gasteiger partial charge in [0, 0.05) is 17.4 Å². The van der Waals surface area contributed by atoms with E-state index in [0.717, 1.165) is 13.1 Å². The highest BCUT2D eigenvalue weighted by molar-refractivity contribution is 7.98. The lowest BCUT2D eigenvalue weighted by molar-refractivity contribution is 0.292. The summed E-state index contributed by atoms with van der Waals surface area (Å²) < 4.78 is 0. The Balaban J connectivity index is 1.77. The first-order chi connectivity index (χ1) is 10.3. The van der Waals surface area contributed by atoms with Gasteiger partial charge in [0.1, 0.15) is 0 Å². The number of rotatable bonds is 4. The van der Waals surface area contributed by atoms with E-state index in [9.17, 15) is 0 Å². The van der Waals surface area contributed by atoms with E-state index in [-0.39, 0.29) is 0 Å². The third kappa shape index (κ3) is 3.30. The molecule has 3 rings (SSSR count). The maximum atomic E-state index is 4.83. The van der Waals surface area contributed by atoms with Crippen LogP contribution in [0.2, 0.25) is 0 Å². The fraction of sp³-hybridized carbons (Fsp3) is 0.278. The van der Waals surface area contributed by atoms with Crippen molar-refractivity contribution >= 4 is 17.5 Å². The van der Waals surface area contributed by atoms with E-state index in [2.05, 4.69) is 72.8 Å². The first-order valence-corrected chi connectivity index (χ1v) is 8.50. The first kappa shape index (κ1) is 14.2. The van der Waals surface area contributed by atoms with Crippen LogP contribution in [0.3, 0.4) is 0 Å². The molecule has 1 atom stereocenters. The fourth-order valence-corrected chi connectivity index (χ4v) is 3.10. The van der Waals surface area contributed by atoms with Crippen LogP contribution in [0.15, 0.2) is 64.6 Å². The largest absolute Gasteiger partial charge is 0.292 e. The van der Waals surface area contributed by atoms with Gasteiger partial charge in [-0.25, -0.2) is 0 Å². The topological polar surface area (TPSA) is 15.6 Å². The molecule has 0 saturated carbocycles. The van der Waals surface area contributed by atoms with Crippen LogP contribution in [0.4, 0.5) is 0 Å². The monoisotopic (exact) mass is 296 g/mol. The lowest BCUT2D eigenvalue weighted by atomic mass is 9.99. The van der Waals surface area contributed by atoms with Crippen molar-refractivity contribution in [3.63, 3.8) is 0 Å².